The molecule has 0 aliphatic heterocycles. The lowest BCUT2D eigenvalue weighted by atomic mass is 9.61. The zero-order valence-corrected chi connectivity index (χ0v) is 12.1. The van der Waals surface area contributed by atoms with Crippen molar-refractivity contribution in [2.75, 3.05) is 0 Å². The van der Waals surface area contributed by atoms with Crippen LogP contribution in [0.4, 0.5) is 0 Å². The standard InChI is InChI=1S/C13H21N5O2/c1-8-4-13(5-8,11(14)17-20)12(19)15-6-10-7-18(3)16-9(10)2/h7-8,20H,4-6H2,1-3H3,(H2,14,17)(H,15,19). The van der Waals surface area contributed by atoms with Gasteiger partial charge in [0.1, 0.15) is 5.41 Å². The maximum absolute atomic E-state index is 12.4. The van der Waals surface area contributed by atoms with E-state index in [1.807, 2.05) is 27.1 Å². The lowest BCUT2D eigenvalue weighted by Crippen LogP contribution is -2.56. The summed E-state index contributed by atoms with van der Waals surface area (Å²) in [5, 5.41) is 19.0. The molecular weight excluding hydrogens is 258 g/mol. The van der Waals surface area contributed by atoms with Crippen molar-refractivity contribution in [1.29, 1.82) is 0 Å². The summed E-state index contributed by atoms with van der Waals surface area (Å²) in [4.78, 5) is 12.4. The minimum atomic E-state index is -0.857. The SMILES string of the molecule is Cc1nn(C)cc1CNC(=O)C1(C(N)=NO)CC(C)C1. The van der Waals surface area contributed by atoms with Crippen molar-refractivity contribution in [3.8, 4) is 0 Å². The third-order valence-electron chi connectivity index (χ3n) is 3.98. The number of carbonyl (C=O) groups is 1. The quantitative estimate of drug-likeness (QED) is 0.323. The van der Waals surface area contributed by atoms with E-state index >= 15 is 0 Å². The third-order valence-corrected chi connectivity index (χ3v) is 3.98. The predicted molar refractivity (Wildman–Crippen MR) is 74.0 cm³/mol. The Hall–Kier alpha value is -2.05. The number of carbonyl (C=O) groups excluding carboxylic acids is 1. The highest BCUT2D eigenvalue weighted by Gasteiger charge is 2.52. The van der Waals surface area contributed by atoms with Crippen molar-refractivity contribution < 1.29 is 10.0 Å². The van der Waals surface area contributed by atoms with Crippen molar-refractivity contribution in [2.45, 2.75) is 33.2 Å². The molecule has 1 saturated carbocycles. The number of amides is 1. The fourth-order valence-corrected chi connectivity index (χ4v) is 2.90. The average molecular weight is 279 g/mol. The lowest BCUT2D eigenvalue weighted by Gasteiger charge is -2.43. The number of hydrogen-bond acceptors (Lipinski definition) is 4. The first kappa shape index (κ1) is 14.4. The van der Waals surface area contributed by atoms with Crippen LogP contribution in [0.2, 0.25) is 0 Å². The molecule has 110 valence electrons. The van der Waals surface area contributed by atoms with E-state index in [1.165, 1.54) is 0 Å². The molecule has 1 fully saturated rings. The van der Waals surface area contributed by atoms with E-state index < -0.39 is 5.41 Å². The van der Waals surface area contributed by atoms with Crippen molar-refractivity contribution in [3.05, 3.63) is 17.5 Å². The molecule has 0 bridgehead atoms. The van der Waals surface area contributed by atoms with Crippen LogP contribution in [0.25, 0.3) is 0 Å². The van der Waals surface area contributed by atoms with Crippen LogP contribution < -0.4 is 11.1 Å². The monoisotopic (exact) mass is 279 g/mol. The summed E-state index contributed by atoms with van der Waals surface area (Å²) in [7, 11) is 1.84. The van der Waals surface area contributed by atoms with Crippen molar-refractivity contribution >= 4 is 11.7 Å². The first-order valence-corrected chi connectivity index (χ1v) is 6.64. The molecule has 0 unspecified atom stereocenters. The van der Waals surface area contributed by atoms with Crippen molar-refractivity contribution in [2.24, 2.45) is 29.3 Å². The van der Waals surface area contributed by atoms with Gasteiger partial charge in [-0.3, -0.25) is 9.48 Å². The van der Waals surface area contributed by atoms with E-state index in [0.29, 0.717) is 25.3 Å². The number of amidine groups is 1. The zero-order chi connectivity index (χ0) is 14.9. The second kappa shape index (κ2) is 5.15. The van der Waals surface area contributed by atoms with Gasteiger partial charge in [-0.15, -0.1) is 0 Å². The normalized spacial score (nSPS) is 26.1. The maximum atomic E-state index is 12.4. The van der Waals surface area contributed by atoms with Gasteiger partial charge in [0.05, 0.1) is 5.69 Å². The third kappa shape index (κ3) is 2.35. The van der Waals surface area contributed by atoms with Crippen LogP contribution in [-0.2, 0) is 18.4 Å². The number of aromatic nitrogens is 2. The number of nitrogens with zero attached hydrogens (tertiary/aromatic N) is 3. The van der Waals surface area contributed by atoms with Gasteiger partial charge in [0, 0.05) is 25.4 Å². The molecule has 0 spiro atoms. The molecule has 1 aliphatic rings. The Balaban J connectivity index is 2.05. The summed E-state index contributed by atoms with van der Waals surface area (Å²) in [6, 6.07) is 0. The van der Waals surface area contributed by atoms with Crippen LogP contribution in [0, 0.1) is 18.3 Å². The topological polar surface area (TPSA) is 106 Å². The fourth-order valence-electron chi connectivity index (χ4n) is 2.90. The van der Waals surface area contributed by atoms with Crippen molar-refractivity contribution in [1.82, 2.24) is 15.1 Å². The van der Waals surface area contributed by atoms with E-state index in [9.17, 15) is 4.79 Å². The second-order valence-electron chi connectivity index (χ2n) is 5.68. The molecule has 1 aromatic rings. The van der Waals surface area contributed by atoms with Gasteiger partial charge in [-0.2, -0.15) is 5.10 Å². The van der Waals surface area contributed by atoms with Crippen LogP contribution in [0.3, 0.4) is 0 Å². The number of nitrogens with one attached hydrogen (secondary N) is 1. The van der Waals surface area contributed by atoms with E-state index in [1.54, 1.807) is 4.68 Å². The van der Waals surface area contributed by atoms with Crippen LogP contribution in [-0.4, -0.2) is 26.7 Å². The largest absolute Gasteiger partial charge is 0.409 e. The Morgan fingerprint density at radius 2 is 2.35 bits per heavy atom. The number of aryl methyl sites for hydroxylation is 2. The summed E-state index contributed by atoms with van der Waals surface area (Å²) in [6.07, 6.45) is 3.09. The van der Waals surface area contributed by atoms with Crippen LogP contribution in [0.15, 0.2) is 11.4 Å². The summed E-state index contributed by atoms with van der Waals surface area (Å²) in [5.41, 5.74) is 6.69. The highest BCUT2D eigenvalue weighted by Crippen LogP contribution is 2.45. The van der Waals surface area contributed by atoms with Gasteiger partial charge in [-0.05, 0) is 25.7 Å². The average Bonchev–Trinajstić information content (AvgIpc) is 2.69. The van der Waals surface area contributed by atoms with Gasteiger partial charge in [0.2, 0.25) is 5.91 Å². The lowest BCUT2D eigenvalue weighted by molar-refractivity contribution is -0.133. The van der Waals surface area contributed by atoms with E-state index in [4.69, 9.17) is 10.9 Å². The summed E-state index contributed by atoms with van der Waals surface area (Å²) < 4.78 is 1.71. The Labute approximate surface area is 117 Å². The number of oxime groups is 1. The minimum Gasteiger partial charge on any atom is -0.409 e. The molecule has 20 heavy (non-hydrogen) atoms. The van der Waals surface area contributed by atoms with E-state index in [2.05, 4.69) is 15.6 Å². The molecule has 0 radical (unpaired) electrons. The first-order valence-electron chi connectivity index (χ1n) is 6.64. The molecular formula is C13H21N5O2. The van der Waals surface area contributed by atoms with Gasteiger partial charge in [0.25, 0.3) is 0 Å². The smallest absolute Gasteiger partial charge is 0.234 e. The number of hydrogen-bond donors (Lipinski definition) is 3. The molecule has 7 nitrogen and oxygen atoms in total. The van der Waals surface area contributed by atoms with Gasteiger partial charge in [-0.1, -0.05) is 12.1 Å². The molecule has 1 heterocycles. The second-order valence-corrected chi connectivity index (χ2v) is 5.68. The van der Waals surface area contributed by atoms with Crippen molar-refractivity contribution in [3.63, 3.8) is 0 Å². The number of nitrogens with two attached hydrogens (primary N) is 1. The molecule has 0 aromatic carbocycles. The zero-order valence-electron chi connectivity index (χ0n) is 12.1. The maximum Gasteiger partial charge on any atom is 0.234 e. The highest BCUT2D eigenvalue weighted by molar-refractivity contribution is 6.07. The van der Waals surface area contributed by atoms with E-state index in [0.717, 1.165) is 11.3 Å². The Kier molecular flexibility index (Phi) is 3.69. The number of rotatable bonds is 4. The summed E-state index contributed by atoms with van der Waals surface area (Å²) >= 11 is 0. The van der Waals surface area contributed by atoms with Crippen LogP contribution in [0.5, 0.6) is 0 Å². The van der Waals surface area contributed by atoms with Crippen LogP contribution >= 0.6 is 0 Å². The van der Waals surface area contributed by atoms with Gasteiger partial charge < -0.3 is 16.3 Å². The Morgan fingerprint density at radius 3 is 2.80 bits per heavy atom. The summed E-state index contributed by atoms with van der Waals surface area (Å²) in [5.74, 6) is 0.214. The molecule has 1 amide bonds. The molecule has 2 rings (SSSR count). The molecule has 1 aromatic heterocycles. The van der Waals surface area contributed by atoms with Crippen LogP contribution in [0.1, 0.15) is 31.0 Å². The first-order chi connectivity index (χ1) is 9.39. The van der Waals surface area contributed by atoms with Gasteiger partial charge >= 0.3 is 0 Å². The predicted octanol–water partition coefficient (Wildman–Crippen LogP) is 0.507. The Morgan fingerprint density at radius 1 is 1.70 bits per heavy atom. The van der Waals surface area contributed by atoms with Gasteiger partial charge in [-0.25, -0.2) is 0 Å². The molecule has 1 aliphatic carbocycles. The minimum absolute atomic E-state index is 0.00370. The molecule has 0 saturated heterocycles. The highest BCUT2D eigenvalue weighted by atomic mass is 16.4. The van der Waals surface area contributed by atoms with E-state index in [-0.39, 0.29) is 11.7 Å². The fraction of sp³-hybridized carbons (Fsp3) is 0.615. The molecule has 4 N–H and O–H groups in total. The molecule has 0 atom stereocenters. The summed E-state index contributed by atoms with van der Waals surface area (Å²) in [6.45, 7) is 4.33. The molecule has 7 heteroatoms. The Bertz CT molecular complexity index is 543. The van der Waals surface area contributed by atoms with Gasteiger partial charge in [0.15, 0.2) is 5.84 Å².